The lowest BCUT2D eigenvalue weighted by Gasteiger charge is -2.05. The van der Waals surface area contributed by atoms with E-state index in [0.717, 1.165) is 5.69 Å². The van der Waals surface area contributed by atoms with E-state index < -0.39 is 0 Å². The minimum absolute atomic E-state index is 0.213. The molecule has 0 saturated heterocycles. The first kappa shape index (κ1) is 12.9. The average molecular weight is 283 g/mol. The molecule has 0 fully saturated rings. The molecule has 6 heteroatoms. The number of H-pyrrole nitrogens is 1. The van der Waals surface area contributed by atoms with Crippen molar-refractivity contribution in [2.24, 2.45) is 0 Å². The Morgan fingerprint density at radius 3 is 2.67 bits per heavy atom. The van der Waals surface area contributed by atoms with Crippen LogP contribution in [-0.2, 0) is 4.74 Å². The van der Waals surface area contributed by atoms with Crippen molar-refractivity contribution in [3.8, 4) is 5.69 Å². The summed E-state index contributed by atoms with van der Waals surface area (Å²) in [4.78, 5) is 14.5. The van der Waals surface area contributed by atoms with Gasteiger partial charge >= 0.3 is 5.97 Å². The largest absolute Gasteiger partial charge is 0.461 e. The summed E-state index contributed by atoms with van der Waals surface area (Å²) in [5.41, 5.74) is 1.38. The van der Waals surface area contributed by atoms with Gasteiger partial charge in [0.2, 0.25) is 0 Å². The van der Waals surface area contributed by atoms with Crippen LogP contribution in [0.25, 0.3) is 5.69 Å². The average Bonchev–Trinajstić information content (AvgIpc) is 2.82. The molecule has 0 saturated carbocycles. The molecule has 0 amide bonds. The maximum Gasteiger partial charge on any atom is 0.338 e. The van der Waals surface area contributed by atoms with Gasteiger partial charge in [-0.3, -0.25) is 4.57 Å². The van der Waals surface area contributed by atoms with Crippen LogP contribution in [0.15, 0.2) is 36.7 Å². The van der Waals surface area contributed by atoms with Crippen LogP contribution in [0.5, 0.6) is 0 Å². The van der Waals surface area contributed by atoms with Crippen LogP contribution in [0.4, 0.5) is 0 Å². The molecule has 1 aromatic carbocycles. The van der Waals surface area contributed by atoms with Crippen molar-refractivity contribution in [1.29, 1.82) is 0 Å². The lowest BCUT2D eigenvalue weighted by molar-refractivity contribution is 0.0529. The molecule has 0 atom stereocenters. The predicted molar refractivity (Wildman–Crippen MR) is 72.0 cm³/mol. The van der Waals surface area contributed by atoms with E-state index in [-0.39, 0.29) is 12.6 Å². The van der Waals surface area contributed by atoms with Gasteiger partial charge in [-0.15, -0.1) is 11.6 Å². The number of alkyl halides is 1. The van der Waals surface area contributed by atoms with Crippen molar-refractivity contribution >= 4 is 29.8 Å². The monoisotopic (exact) mass is 282 g/mol. The van der Waals surface area contributed by atoms with Crippen molar-refractivity contribution in [3.63, 3.8) is 0 Å². The Morgan fingerprint density at radius 1 is 1.39 bits per heavy atom. The molecule has 94 valence electrons. The van der Waals surface area contributed by atoms with Crippen LogP contribution in [0.2, 0.25) is 0 Å². The summed E-state index contributed by atoms with van der Waals surface area (Å²) in [5, 5.41) is 0. The summed E-state index contributed by atoms with van der Waals surface area (Å²) in [7, 11) is 0. The van der Waals surface area contributed by atoms with Gasteiger partial charge in [0.1, 0.15) is 6.61 Å². The van der Waals surface area contributed by atoms with Gasteiger partial charge in [-0.05, 0) is 36.5 Å². The Bertz CT molecular complexity index is 589. The fourth-order valence-corrected chi connectivity index (χ4v) is 1.81. The van der Waals surface area contributed by atoms with Crippen molar-refractivity contribution in [1.82, 2.24) is 9.55 Å². The number of carbonyl (C=O) groups is 1. The molecule has 0 radical (unpaired) electrons. The molecule has 2 rings (SSSR count). The fraction of sp³-hybridized carbons (Fsp3) is 0.167. The Hall–Kier alpha value is -1.59. The van der Waals surface area contributed by atoms with Gasteiger partial charge in [0.05, 0.1) is 11.4 Å². The molecule has 0 aliphatic heterocycles. The molecule has 2 aromatic rings. The normalized spacial score (nSPS) is 10.3. The summed E-state index contributed by atoms with van der Waals surface area (Å²) < 4.78 is 7.34. The SMILES string of the molecule is O=C(OCCCl)c1ccc(-n2cc[nH]c2=S)cc1. The number of aromatic amines is 1. The zero-order valence-corrected chi connectivity index (χ0v) is 11.0. The number of hydrogen-bond acceptors (Lipinski definition) is 3. The minimum Gasteiger partial charge on any atom is -0.461 e. The molecule has 0 aliphatic rings. The Morgan fingerprint density at radius 2 is 2.11 bits per heavy atom. The van der Waals surface area contributed by atoms with Crippen LogP contribution in [-0.4, -0.2) is 28.0 Å². The second-order valence-corrected chi connectivity index (χ2v) is 4.27. The number of nitrogens with zero attached hydrogens (tertiary/aromatic N) is 1. The molecule has 0 unspecified atom stereocenters. The molecule has 1 aromatic heterocycles. The number of nitrogens with one attached hydrogen (secondary N) is 1. The van der Waals surface area contributed by atoms with Crippen molar-refractivity contribution in [2.45, 2.75) is 0 Å². The van der Waals surface area contributed by atoms with E-state index in [1.165, 1.54) is 0 Å². The smallest absolute Gasteiger partial charge is 0.338 e. The fourth-order valence-electron chi connectivity index (χ4n) is 1.50. The van der Waals surface area contributed by atoms with E-state index in [1.807, 2.05) is 10.8 Å². The van der Waals surface area contributed by atoms with Gasteiger partial charge in [-0.2, -0.15) is 0 Å². The number of hydrogen-bond donors (Lipinski definition) is 1. The molecule has 0 aliphatic carbocycles. The van der Waals surface area contributed by atoms with Crippen LogP contribution in [0.1, 0.15) is 10.4 Å². The minimum atomic E-state index is -0.375. The van der Waals surface area contributed by atoms with Crippen molar-refractivity contribution in [3.05, 3.63) is 47.0 Å². The molecule has 18 heavy (non-hydrogen) atoms. The number of ether oxygens (including phenoxy) is 1. The van der Waals surface area contributed by atoms with Gasteiger partial charge < -0.3 is 9.72 Å². The third-order valence-corrected chi connectivity index (χ3v) is 2.81. The zero-order valence-electron chi connectivity index (χ0n) is 9.43. The van der Waals surface area contributed by atoms with Crippen LogP contribution >= 0.6 is 23.8 Å². The highest BCUT2D eigenvalue weighted by atomic mass is 35.5. The third kappa shape index (κ3) is 2.80. The molecular weight excluding hydrogens is 272 g/mol. The summed E-state index contributed by atoms with van der Waals surface area (Å²) in [6, 6.07) is 7.00. The highest BCUT2D eigenvalue weighted by Crippen LogP contribution is 2.11. The van der Waals surface area contributed by atoms with Gasteiger partial charge in [0.15, 0.2) is 4.77 Å². The topological polar surface area (TPSA) is 47.0 Å². The van der Waals surface area contributed by atoms with Gasteiger partial charge in [0.25, 0.3) is 0 Å². The first-order valence-electron chi connectivity index (χ1n) is 5.32. The van der Waals surface area contributed by atoms with E-state index >= 15 is 0 Å². The van der Waals surface area contributed by atoms with Crippen LogP contribution in [0, 0.1) is 4.77 Å². The number of benzene rings is 1. The highest BCUT2D eigenvalue weighted by molar-refractivity contribution is 7.71. The van der Waals surface area contributed by atoms with E-state index in [9.17, 15) is 4.79 Å². The second kappa shape index (κ2) is 5.84. The lowest BCUT2D eigenvalue weighted by atomic mass is 10.2. The molecule has 4 nitrogen and oxygen atoms in total. The van der Waals surface area contributed by atoms with Crippen molar-refractivity contribution in [2.75, 3.05) is 12.5 Å². The Kier molecular flexibility index (Phi) is 4.17. The first-order chi connectivity index (χ1) is 8.72. The number of halogens is 1. The van der Waals surface area contributed by atoms with Gasteiger partial charge in [-0.1, -0.05) is 0 Å². The third-order valence-electron chi connectivity index (χ3n) is 2.34. The van der Waals surface area contributed by atoms with E-state index in [4.69, 9.17) is 28.6 Å². The van der Waals surface area contributed by atoms with E-state index in [0.29, 0.717) is 16.2 Å². The molecule has 0 spiro atoms. The van der Waals surface area contributed by atoms with Gasteiger partial charge in [-0.25, -0.2) is 4.79 Å². The molecular formula is C12H11ClN2O2S. The quantitative estimate of drug-likeness (QED) is 0.533. The van der Waals surface area contributed by atoms with E-state index in [1.54, 1.807) is 30.5 Å². The molecule has 0 bridgehead atoms. The Balaban J connectivity index is 2.18. The molecule has 1 heterocycles. The number of carbonyl (C=O) groups excluding carboxylic acids is 1. The standard InChI is InChI=1S/C12H11ClN2O2S/c13-5-8-17-11(16)9-1-3-10(4-2-9)15-7-6-14-12(15)18/h1-4,6-7H,5,8H2,(H,14,18). The Labute approximate surface area is 114 Å². The number of imidazole rings is 1. The second-order valence-electron chi connectivity index (χ2n) is 3.51. The van der Waals surface area contributed by atoms with Gasteiger partial charge in [0, 0.05) is 18.1 Å². The first-order valence-corrected chi connectivity index (χ1v) is 6.26. The number of rotatable bonds is 4. The number of aromatic nitrogens is 2. The van der Waals surface area contributed by atoms with Crippen molar-refractivity contribution < 1.29 is 9.53 Å². The van der Waals surface area contributed by atoms with Crippen LogP contribution in [0.3, 0.4) is 0 Å². The summed E-state index contributed by atoms with van der Waals surface area (Å²) in [6.07, 6.45) is 3.58. The lowest BCUT2D eigenvalue weighted by Crippen LogP contribution is -2.07. The maximum atomic E-state index is 11.6. The summed E-state index contributed by atoms with van der Waals surface area (Å²) in [5.74, 6) is -0.0811. The summed E-state index contributed by atoms with van der Waals surface area (Å²) in [6.45, 7) is 0.213. The maximum absolute atomic E-state index is 11.6. The highest BCUT2D eigenvalue weighted by Gasteiger charge is 2.06. The predicted octanol–water partition coefficient (Wildman–Crippen LogP) is 2.93. The van der Waals surface area contributed by atoms with E-state index in [2.05, 4.69) is 4.98 Å². The van der Waals surface area contributed by atoms with Crippen LogP contribution < -0.4 is 0 Å². The zero-order chi connectivity index (χ0) is 13.0. The summed E-state index contributed by atoms with van der Waals surface area (Å²) >= 11 is 10.6. The number of esters is 1. The molecule has 1 N–H and O–H groups in total.